The summed E-state index contributed by atoms with van der Waals surface area (Å²) in [4.78, 5) is 23.4. The zero-order valence-corrected chi connectivity index (χ0v) is 23.2. The predicted molar refractivity (Wildman–Crippen MR) is 158 cm³/mol. The first-order chi connectivity index (χ1) is 19.5. The van der Waals surface area contributed by atoms with E-state index in [9.17, 15) is 14.7 Å². The van der Waals surface area contributed by atoms with E-state index in [0.29, 0.717) is 38.3 Å². The summed E-state index contributed by atoms with van der Waals surface area (Å²) in [5.41, 5.74) is 6.67. The molecule has 0 radical (unpaired) electrons. The van der Waals surface area contributed by atoms with Crippen LogP contribution >= 0.6 is 0 Å². The maximum absolute atomic E-state index is 12.5. The summed E-state index contributed by atoms with van der Waals surface area (Å²) in [6.07, 6.45) is 5.92. The normalized spacial score (nSPS) is 13.0. The van der Waals surface area contributed by atoms with Gasteiger partial charge in [-0.25, -0.2) is 0 Å². The molecule has 0 atom stereocenters. The monoisotopic (exact) mass is 541 g/mol. The van der Waals surface area contributed by atoms with Crippen molar-refractivity contribution in [1.29, 1.82) is 0 Å². The van der Waals surface area contributed by atoms with Crippen LogP contribution in [0.1, 0.15) is 66.1 Å². The molecule has 1 aliphatic rings. The van der Waals surface area contributed by atoms with Crippen molar-refractivity contribution in [2.45, 2.75) is 45.6 Å². The average molecular weight is 542 g/mol. The molecule has 0 aliphatic heterocycles. The molecule has 4 N–H and O–H groups in total. The van der Waals surface area contributed by atoms with Crippen LogP contribution in [0.5, 0.6) is 11.5 Å². The number of allylic oxidation sites excluding steroid dienone is 1. The highest BCUT2D eigenvalue weighted by Gasteiger charge is 2.15. The highest BCUT2D eigenvalue weighted by molar-refractivity contribution is 5.94. The molecule has 1 aliphatic carbocycles. The Labute approximate surface area is 236 Å². The largest absolute Gasteiger partial charge is 0.508 e. The molecule has 0 unspecified atom stereocenters. The Morgan fingerprint density at radius 2 is 1.38 bits per heavy atom. The fourth-order valence-electron chi connectivity index (χ4n) is 4.92. The summed E-state index contributed by atoms with van der Waals surface area (Å²) in [6, 6.07) is 23.1. The van der Waals surface area contributed by atoms with Crippen LogP contribution in [0, 0.1) is 0 Å². The van der Waals surface area contributed by atoms with E-state index in [4.69, 9.17) is 4.74 Å². The van der Waals surface area contributed by atoms with Crippen molar-refractivity contribution in [3.05, 3.63) is 101 Å². The van der Waals surface area contributed by atoms with E-state index in [1.807, 2.05) is 48.5 Å². The van der Waals surface area contributed by atoms with Gasteiger partial charge in [-0.15, -0.1) is 0 Å². The number of nitrogens with one attached hydrogen (secondary N) is 3. The summed E-state index contributed by atoms with van der Waals surface area (Å²) >= 11 is 0. The van der Waals surface area contributed by atoms with Gasteiger partial charge < -0.3 is 25.8 Å². The molecule has 7 nitrogen and oxygen atoms in total. The topological polar surface area (TPSA) is 99.7 Å². The third-order valence-corrected chi connectivity index (χ3v) is 6.99. The van der Waals surface area contributed by atoms with Crippen molar-refractivity contribution in [1.82, 2.24) is 16.0 Å². The van der Waals surface area contributed by atoms with E-state index in [1.54, 1.807) is 12.1 Å². The molecule has 0 spiro atoms. The standard InChI is InChI=1S/C33H39N3O4/c1-24(37)35-20-19-34-23-25-7-9-29(10-8-25)33(39)36-21-22-40-31-17-13-28(14-18-31)32(26-5-3-2-4-6-26)27-11-15-30(38)16-12-27/h7-18,34,38H,2-6,19-23H2,1H3,(H,35,37)(H,36,39). The Balaban J connectivity index is 1.25. The third-order valence-electron chi connectivity index (χ3n) is 6.99. The predicted octanol–water partition coefficient (Wildman–Crippen LogP) is 5.19. The number of aromatic hydroxyl groups is 1. The second kappa shape index (κ2) is 14.9. The van der Waals surface area contributed by atoms with Gasteiger partial charge in [0.1, 0.15) is 18.1 Å². The Bertz CT molecular complexity index is 1270. The minimum Gasteiger partial charge on any atom is -0.508 e. The molecule has 2 amide bonds. The molecule has 7 heteroatoms. The summed E-state index contributed by atoms with van der Waals surface area (Å²) in [7, 11) is 0. The second-order valence-corrected chi connectivity index (χ2v) is 10.1. The van der Waals surface area contributed by atoms with Gasteiger partial charge in [0.05, 0.1) is 6.54 Å². The van der Waals surface area contributed by atoms with Gasteiger partial charge in [0.25, 0.3) is 5.91 Å². The summed E-state index contributed by atoms with van der Waals surface area (Å²) < 4.78 is 5.89. The number of amides is 2. The molecule has 0 saturated heterocycles. The first-order valence-electron chi connectivity index (χ1n) is 14.1. The van der Waals surface area contributed by atoms with Crippen LogP contribution < -0.4 is 20.7 Å². The lowest BCUT2D eigenvalue weighted by molar-refractivity contribution is -0.118. The van der Waals surface area contributed by atoms with E-state index in [-0.39, 0.29) is 17.6 Å². The SMILES string of the molecule is CC(=O)NCCNCc1ccc(C(=O)NCCOc2ccc(C(=C3CCCCC3)c3ccc(O)cc3)cc2)cc1. The lowest BCUT2D eigenvalue weighted by atomic mass is 9.85. The maximum Gasteiger partial charge on any atom is 0.251 e. The number of hydrogen-bond acceptors (Lipinski definition) is 5. The van der Waals surface area contributed by atoms with Gasteiger partial charge in [-0.3, -0.25) is 9.59 Å². The average Bonchev–Trinajstić information content (AvgIpc) is 2.98. The molecule has 3 aromatic rings. The molecule has 0 heterocycles. The molecule has 4 rings (SSSR count). The number of carbonyl (C=O) groups excluding carboxylic acids is 2. The molecule has 40 heavy (non-hydrogen) atoms. The molecule has 0 bridgehead atoms. The molecule has 3 aromatic carbocycles. The molecular formula is C33H39N3O4. The Morgan fingerprint density at radius 3 is 2.02 bits per heavy atom. The highest BCUT2D eigenvalue weighted by Crippen LogP contribution is 2.36. The van der Waals surface area contributed by atoms with E-state index in [2.05, 4.69) is 28.1 Å². The van der Waals surface area contributed by atoms with Gasteiger partial charge in [0.2, 0.25) is 5.91 Å². The first-order valence-corrected chi connectivity index (χ1v) is 14.1. The zero-order valence-electron chi connectivity index (χ0n) is 23.2. The van der Waals surface area contributed by atoms with Crippen molar-refractivity contribution < 1.29 is 19.4 Å². The Kier molecular flexibility index (Phi) is 10.8. The van der Waals surface area contributed by atoms with Crippen molar-refractivity contribution >= 4 is 17.4 Å². The van der Waals surface area contributed by atoms with Crippen LogP contribution in [0.15, 0.2) is 78.4 Å². The van der Waals surface area contributed by atoms with Gasteiger partial charge in [-0.1, -0.05) is 48.4 Å². The zero-order chi connectivity index (χ0) is 28.2. The van der Waals surface area contributed by atoms with E-state index >= 15 is 0 Å². The number of phenols is 1. The molecule has 1 saturated carbocycles. The molecule has 210 valence electrons. The van der Waals surface area contributed by atoms with Crippen LogP contribution in [0.4, 0.5) is 0 Å². The van der Waals surface area contributed by atoms with E-state index < -0.39 is 0 Å². The van der Waals surface area contributed by atoms with E-state index in [1.165, 1.54) is 37.3 Å². The number of rotatable bonds is 12. The van der Waals surface area contributed by atoms with Crippen molar-refractivity contribution in [2.24, 2.45) is 0 Å². The highest BCUT2D eigenvalue weighted by atomic mass is 16.5. The molecular weight excluding hydrogens is 502 g/mol. The number of benzene rings is 3. The van der Waals surface area contributed by atoms with Gasteiger partial charge in [-0.2, -0.15) is 0 Å². The fraction of sp³-hybridized carbons (Fsp3) is 0.333. The van der Waals surface area contributed by atoms with Crippen molar-refractivity contribution in [3.63, 3.8) is 0 Å². The Morgan fingerprint density at radius 1 is 0.750 bits per heavy atom. The fourth-order valence-corrected chi connectivity index (χ4v) is 4.92. The Hall–Kier alpha value is -4.10. The minimum absolute atomic E-state index is 0.0382. The lowest BCUT2D eigenvalue weighted by Crippen LogP contribution is -2.30. The maximum atomic E-state index is 12.5. The van der Waals surface area contributed by atoms with Gasteiger partial charge in [0.15, 0.2) is 0 Å². The van der Waals surface area contributed by atoms with Crippen molar-refractivity contribution in [3.8, 4) is 11.5 Å². The van der Waals surface area contributed by atoms with Crippen LogP contribution in [0.25, 0.3) is 5.57 Å². The van der Waals surface area contributed by atoms with Gasteiger partial charge >= 0.3 is 0 Å². The molecule has 1 fully saturated rings. The van der Waals surface area contributed by atoms with E-state index in [0.717, 1.165) is 35.3 Å². The first kappa shape index (κ1) is 28.9. The van der Waals surface area contributed by atoms with Crippen LogP contribution in [-0.2, 0) is 11.3 Å². The van der Waals surface area contributed by atoms with Crippen LogP contribution in [0.3, 0.4) is 0 Å². The number of carbonyl (C=O) groups is 2. The van der Waals surface area contributed by atoms with Crippen LogP contribution in [0.2, 0.25) is 0 Å². The summed E-state index contributed by atoms with van der Waals surface area (Å²) in [5.74, 6) is 0.853. The third kappa shape index (κ3) is 8.71. The quantitative estimate of drug-likeness (QED) is 0.237. The molecule has 0 aromatic heterocycles. The smallest absolute Gasteiger partial charge is 0.251 e. The minimum atomic E-state index is -0.137. The number of hydrogen-bond donors (Lipinski definition) is 4. The summed E-state index contributed by atoms with van der Waals surface area (Å²) in [6.45, 7) is 4.20. The lowest BCUT2D eigenvalue weighted by Gasteiger charge is -2.20. The number of phenolic OH excluding ortho intramolecular Hbond substituents is 1. The van der Waals surface area contributed by atoms with Crippen LogP contribution in [-0.4, -0.2) is 43.2 Å². The van der Waals surface area contributed by atoms with Crippen molar-refractivity contribution in [2.75, 3.05) is 26.2 Å². The second-order valence-electron chi connectivity index (χ2n) is 10.1. The van der Waals surface area contributed by atoms with Gasteiger partial charge in [-0.05, 0) is 84.3 Å². The number of ether oxygens (including phenoxy) is 1. The summed E-state index contributed by atoms with van der Waals surface area (Å²) in [5, 5.41) is 18.7. The van der Waals surface area contributed by atoms with Gasteiger partial charge in [0, 0.05) is 32.1 Å².